The lowest BCUT2D eigenvalue weighted by Gasteiger charge is -2.32. The number of nitrogens with zero attached hydrogens (tertiary/aromatic N) is 4. The highest BCUT2D eigenvalue weighted by molar-refractivity contribution is 6.30. The number of benzene rings is 1. The van der Waals surface area contributed by atoms with Crippen LogP contribution in [-0.2, 0) is 11.3 Å². The van der Waals surface area contributed by atoms with E-state index in [1.165, 1.54) is 12.1 Å². The Bertz CT molecular complexity index is 1180. The molecule has 4 rings (SSSR count). The number of hydrogen-bond acceptors (Lipinski definition) is 5. The Kier molecular flexibility index (Phi) is 6.20. The SMILES string of the molecule is CCCn1c(C)nc2cc(N3CCO[C@@H](CF)C3)nc(-c3ccc(Cl)cc3F)c2c1=O. The number of pyridine rings is 1. The fourth-order valence-electron chi connectivity index (χ4n) is 3.88. The summed E-state index contributed by atoms with van der Waals surface area (Å²) in [7, 11) is 0. The Labute approximate surface area is 183 Å². The van der Waals surface area contributed by atoms with Gasteiger partial charge in [-0.05, 0) is 31.5 Å². The molecule has 0 unspecified atom stereocenters. The van der Waals surface area contributed by atoms with Crippen molar-refractivity contribution in [1.29, 1.82) is 0 Å². The van der Waals surface area contributed by atoms with Crippen LogP contribution < -0.4 is 10.5 Å². The van der Waals surface area contributed by atoms with Crippen molar-refractivity contribution >= 4 is 28.3 Å². The van der Waals surface area contributed by atoms with Crippen LogP contribution in [0.4, 0.5) is 14.6 Å². The Morgan fingerprint density at radius 3 is 2.81 bits per heavy atom. The van der Waals surface area contributed by atoms with Gasteiger partial charge in [-0.3, -0.25) is 9.36 Å². The van der Waals surface area contributed by atoms with Crippen molar-refractivity contribution in [3.8, 4) is 11.3 Å². The van der Waals surface area contributed by atoms with Gasteiger partial charge < -0.3 is 9.64 Å². The van der Waals surface area contributed by atoms with Gasteiger partial charge in [-0.2, -0.15) is 0 Å². The highest BCUT2D eigenvalue weighted by atomic mass is 35.5. The van der Waals surface area contributed by atoms with E-state index in [2.05, 4.69) is 9.97 Å². The Balaban J connectivity index is 1.98. The van der Waals surface area contributed by atoms with E-state index in [-0.39, 0.29) is 27.2 Å². The number of fused-ring (bicyclic) bond motifs is 1. The number of aryl methyl sites for hydroxylation is 1. The van der Waals surface area contributed by atoms with Gasteiger partial charge in [0.1, 0.15) is 30.2 Å². The number of halogens is 3. The second-order valence-corrected chi connectivity index (χ2v) is 7.99. The van der Waals surface area contributed by atoms with Crippen LogP contribution in [-0.4, -0.2) is 47.0 Å². The molecule has 164 valence electrons. The molecule has 0 amide bonds. The Morgan fingerprint density at radius 1 is 1.29 bits per heavy atom. The molecule has 3 heterocycles. The number of alkyl halides is 1. The largest absolute Gasteiger partial charge is 0.372 e. The van der Waals surface area contributed by atoms with Crippen molar-refractivity contribution in [3.63, 3.8) is 0 Å². The maximum atomic E-state index is 14.9. The highest BCUT2D eigenvalue weighted by Gasteiger charge is 2.25. The van der Waals surface area contributed by atoms with Gasteiger partial charge in [-0.25, -0.2) is 18.7 Å². The molecular formula is C22H23ClF2N4O2. The quantitative estimate of drug-likeness (QED) is 0.587. The van der Waals surface area contributed by atoms with Gasteiger partial charge in [0.15, 0.2) is 0 Å². The molecule has 0 spiro atoms. The lowest BCUT2D eigenvalue weighted by atomic mass is 10.1. The van der Waals surface area contributed by atoms with Crippen molar-refractivity contribution in [3.05, 3.63) is 51.3 Å². The average Bonchev–Trinajstić information content (AvgIpc) is 2.76. The van der Waals surface area contributed by atoms with Crippen LogP contribution in [0.5, 0.6) is 0 Å². The molecule has 2 aromatic heterocycles. The van der Waals surface area contributed by atoms with Gasteiger partial charge in [0.25, 0.3) is 5.56 Å². The second kappa shape index (κ2) is 8.88. The number of hydrogen-bond donors (Lipinski definition) is 0. The van der Waals surface area contributed by atoms with Gasteiger partial charge in [-0.1, -0.05) is 18.5 Å². The molecule has 1 atom stereocenters. The third-order valence-electron chi connectivity index (χ3n) is 5.39. The Hall–Kier alpha value is -2.58. The predicted octanol–water partition coefficient (Wildman–Crippen LogP) is 4.14. The summed E-state index contributed by atoms with van der Waals surface area (Å²) in [5.74, 6) is 0.491. The number of ether oxygens (including phenoxy) is 1. The first-order valence-electron chi connectivity index (χ1n) is 10.2. The molecule has 0 aliphatic carbocycles. The zero-order chi connectivity index (χ0) is 22.1. The summed E-state index contributed by atoms with van der Waals surface area (Å²) < 4.78 is 35.0. The van der Waals surface area contributed by atoms with Crippen molar-refractivity contribution in [2.24, 2.45) is 0 Å². The van der Waals surface area contributed by atoms with E-state index in [1.807, 2.05) is 11.8 Å². The monoisotopic (exact) mass is 448 g/mol. The molecule has 9 heteroatoms. The lowest BCUT2D eigenvalue weighted by molar-refractivity contribution is 0.0245. The molecule has 6 nitrogen and oxygen atoms in total. The number of anilines is 1. The van der Waals surface area contributed by atoms with Gasteiger partial charge >= 0.3 is 0 Å². The first-order chi connectivity index (χ1) is 14.9. The molecule has 1 saturated heterocycles. The first kappa shape index (κ1) is 21.6. The summed E-state index contributed by atoms with van der Waals surface area (Å²) in [4.78, 5) is 24.5. The molecule has 1 aliphatic rings. The number of aromatic nitrogens is 3. The van der Waals surface area contributed by atoms with E-state index in [0.717, 1.165) is 6.42 Å². The standard InChI is InChI=1S/C22H23ClF2N4O2/c1-3-6-29-13(2)26-18-10-19(28-7-8-31-15(11-24)12-28)27-21(20(18)22(29)30)16-5-4-14(23)9-17(16)25/h4-5,9-10,15H,3,6-8,11-12H2,1-2H3/t15-/m0/s1. The fraction of sp³-hybridized carbons (Fsp3) is 0.409. The van der Waals surface area contributed by atoms with Gasteiger partial charge in [0, 0.05) is 36.3 Å². The van der Waals surface area contributed by atoms with Crippen LogP contribution in [0.25, 0.3) is 22.2 Å². The maximum absolute atomic E-state index is 14.9. The summed E-state index contributed by atoms with van der Waals surface area (Å²) in [5.41, 5.74) is 0.522. The van der Waals surface area contributed by atoms with Crippen LogP contribution >= 0.6 is 11.6 Å². The molecule has 0 radical (unpaired) electrons. The van der Waals surface area contributed by atoms with E-state index in [9.17, 15) is 13.6 Å². The summed E-state index contributed by atoms with van der Waals surface area (Å²) in [6.07, 6.45) is 0.192. The van der Waals surface area contributed by atoms with Crippen LogP contribution in [0, 0.1) is 12.7 Å². The van der Waals surface area contributed by atoms with E-state index in [0.29, 0.717) is 43.4 Å². The number of rotatable bonds is 5. The van der Waals surface area contributed by atoms with Gasteiger partial charge in [0.05, 0.1) is 23.2 Å². The molecule has 0 bridgehead atoms. The van der Waals surface area contributed by atoms with Crippen LogP contribution in [0.2, 0.25) is 5.02 Å². The van der Waals surface area contributed by atoms with Crippen LogP contribution in [0.3, 0.4) is 0 Å². The lowest BCUT2D eigenvalue weighted by Crippen LogP contribution is -2.44. The summed E-state index contributed by atoms with van der Waals surface area (Å²) >= 11 is 5.93. The zero-order valence-corrected chi connectivity index (χ0v) is 18.1. The van der Waals surface area contributed by atoms with Crippen molar-refractivity contribution in [2.75, 3.05) is 31.3 Å². The van der Waals surface area contributed by atoms with E-state index < -0.39 is 18.6 Å². The fourth-order valence-corrected chi connectivity index (χ4v) is 4.04. The van der Waals surface area contributed by atoms with E-state index in [1.54, 1.807) is 23.6 Å². The second-order valence-electron chi connectivity index (χ2n) is 7.56. The molecule has 3 aromatic rings. The summed E-state index contributed by atoms with van der Waals surface area (Å²) in [5, 5.41) is 0.498. The molecule has 1 aromatic carbocycles. The maximum Gasteiger partial charge on any atom is 0.263 e. The third kappa shape index (κ3) is 4.14. The van der Waals surface area contributed by atoms with Crippen molar-refractivity contribution in [1.82, 2.24) is 14.5 Å². The third-order valence-corrected chi connectivity index (χ3v) is 5.62. The predicted molar refractivity (Wildman–Crippen MR) is 117 cm³/mol. The van der Waals surface area contributed by atoms with Gasteiger partial charge in [0.2, 0.25) is 0 Å². The molecule has 1 fully saturated rings. The van der Waals surface area contributed by atoms with E-state index >= 15 is 0 Å². The molecule has 0 saturated carbocycles. The van der Waals surface area contributed by atoms with Crippen LogP contribution in [0.1, 0.15) is 19.2 Å². The molecular weight excluding hydrogens is 426 g/mol. The van der Waals surface area contributed by atoms with E-state index in [4.69, 9.17) is 16.3 Å². The van der Waals surface area contributed by atoms with Gasteiger partial charge in [-0.15, -0.1) is 0 Å². The topological polar surface area (TPSA) is 60.3 Å². The van der Waals surface area contributed by atoms with Crippen LogP contribution in [0.15, 0.2) is 29.1 Å². The molecule has 1 aliphatic heterocycles. The minimum Gasteiger partial charge on any atom is -0.372 e. The average molecular weight is 449 g/mol. The minimum absolute atomic E-state index is 0.164. The zero-order valence-electron chi connectivity index (χ0n) is 17.4. The minimum atomic E-state index is -0.609. The smallest absolute Gasteiger partial charge is 0.263 e. The number of morpholine rings is 1. The summed E-state index contributed by atoms with van der Waals surface area (Å²) in [6.45, 7) is 4.79. The normalized spacial score (nSPS) is 16.8. The summed E-state index contributed by atoms with van der Waals surface area (Å²) in [6, 6.07) is 5.96. The first-order valence-corrected chi connectivity index (χ1v) is 10.6. The van der Waals surface area contributed by atoms with Crippen molar-refractivity contribution in [2.45, 2.75) is 32.9 Å². The molecule has 0 N–H and O–H groups in total. The van der Waals surface area contributed by atoms with Crippen molar-refractivity contribution < 1.29 is 13.5 Å². The Morgan fingerprint density at radius 2 is 2.10 bits per heavy atom. The highest BCUT2D eigenvalue weighted by Crippen LogP contribution is 2.31. The molecule has 31 heavy (non-hydrogen) atoms.